The summed E-state index contributed by atoms with van der Waals surface area (Å²) in [5.74, 6) is 0.174. The van der Waals surface area contributed by atoms with Gasteiger partial charge in [-0.05, 0) is 44.7 Å². The van der Waals surface area contributed by atoms with Crippen molar-refractivity contribution >= 4 is 18.3 Å². The third-order valence-corrected chi connectivity index (χ3v) is 5.02. The highest BCUT2D eigenvalue weighted by molar-refractivity contribution is 5.88. The van der Waals surface area contributed by atoms with Crippen molar-refractivity contribution in [3.8, 4) is 0 Å². The zero-order chi connectivity index (χ0) is 15.4. The van der Waals surface area contributed by atoms with Gasteiger partial charge in [0, 0.05) is 25.8 Å². The number of piperidine rings is 1. The number of benzene rings is 1. The summed E-state index contributed by atoms with van der Waals surface area (Å²) < 4.78 is 5.52. The number of aryl methyl sites for hydroxylation is 1. The molecule has 1 amide bonds. The predicted molar refractivity (Wildman–Crippen MR) is 94.2 cm³/mol. The number of carbonyl (C=O) groups excluding carboxylic acids is 1. The largest absolute Gasteiger partial charge is 0.381 e. The molecule has 0 aromatic heterocycles. The molecule has 2 fully saturated rings. The van der Waals surface area contributed by atoms with E-state index < -0.39 is 5.41 Å². The fraction of sp³-hybridized carbons (Fsp3) is 0.611. The summed E-state index contributed by atoms with van der Waals surface area (Å²) in [4.78, 5) is 13.1. The Balaban J connectivity index is 0.00000192. The Morgan fingerprint density at radius 1 is 1.26 bits per heavy atom. The van der Waals surface area contributed by atoms with E-state index in [2.05, 4.69) is 41.8 Å². The number of hydrogen-bond acceptors (Lipinski definition) is 3. The Labute approximate surface area is 144 Å². The summed E-state index contributed by atoms with van der Waals surface area (Å²) in [7, 11) is 0. The SMILES string of the molecule is Cc1ccc(C2(C(=O)NC3CCCNC3)CCOCC2)cc1.Cl. The molecule has 4 nitrogen and oxygen atoms in total. The Morgan fingerprint density at radius 2 is 1.96 bits per heavy atom. The van der Waals surface area contributed by atoms with Crippen LogP contribution in [0.3, 0.4) is 0 Å². The molecule has 0 spiro atoms. The zero-order valence-electron chi connectivity index (χ0n) is 13.8. The van der Waals surface area contributed by atoms with Gasteiger partial charge in [0.1, 0.15) is 0 Å². The summed E-state index contributed by atoms with van der Waals surface area (Å²) in [5, 5.41) is 6.65. The second-order valence-corrected chi connectivity index (χ2v) is 6.58. The Bertz CT molecular complexity index is 506. The van der Waals surface area contributed by atoms with Crippen LogP contribution in [0.15, 0.2) is 24.3 Å². The fourth-order valence-corrected chi connectivity index (χ4v) is 3.54. The Morgan fingerprint density at radius 3 is 2.57 bits per heavy atom. The molecule has 1 atom stereocenters. The molecule has 1 aromatic carbocycles. The molecular weight excluding hydrogens is 312 g/mol. The number of hydrogen-bond donors (Lipinski definition) is 2. The van der Waals surface area contributed by atoms with Crippen LogP contribution in [0.1, 0.15) is 36.8 Å². The van der Waals surface area contributed by atoms with Crippen molar-refractivity contribution in [1.29, 1.82) is 0 Å². The molecule has 1 unspecified atom stereocenters. The summed E-state index contributed by atoms with van der Waals surface area (Å²) in [5.41, 5.74) is 1.93. The highest BCUT2D eigenvalue weighted by Crippen LogP contribution is 2.35. The van der Waals surface area contributed by atoms with Gasteiger partial charge in [-0.1, -0.05) is 29.8 Å². The van der Waals surface area contributed by atoms with Crippen molar-refractivity contribution in [2.24, 2.45) is 0 Å². The van der Waals surface area contributed by atoms with Gasteiger partial charge in [-0.3, -0.25) is 4.79 Å². The molecule has 2 N–H and O–H groups in total. The lowest BCUT2D eigenvalue weighted by Crippen LogP contribution is -2.54. The van der Waals surface area contributed by atoms with Gasteiger partial charge < -0.3 is 15.4 Å². The molecule has 23 heavy (non-hydrogen) atoms. The molecule has 5 heteroatoms. The van der Waals surface area contributed by atoms with E-state index in [9.17, 15) is 4.79 Å². The van der Waals surface area contributed by atoms with Crippen LogP contribution in [0, 0.1) is 6.92 Å². The summed E-state index contributed by atoms with van der Waals surface area (Å²) in [6.45, 7) is 5.33. The predicted octanol–water partition coefficient (Wildman–Crippen LogP) is 2.33. The van der Waals surface area contributed by atoms with E-state index in [4.69, 9.17) is 4.74 Å². The topological polar surface area (TPSA) is 50.4 Å². The average molecular weight is 339 g/mol. The van der Waals surface area contributed by atoms with Crippen molar-refractivity contribution in [3.05, 3.63) is 35.4 Å². The molecule has 2 aliphatic heterocycles. The Kier molecular flexibility index (Phi) is 6.45. The molecule has 128 valence electrons. The van der Waals surface area contributed by atoms with E-state index in [0.717, 1.165) is 44.3 Å². The van der Waals surface area contributed by atoms with Crippen LogP contribution in [0.5, 0.6) is 0 Å². The zero-order valence-corrected chi connectivity index (χ0v) is 14.6. The first-order valence-electron chi connectivity index (χ1n) is 8.37. The van der Waals surface area contributed by atoms with E-state index in [1.807, 2.05) is 0 Å². The lowest BCUT2D eigenvalue weighted by Gasteiger charge is -2.38. The second kappa shape index (κ2) is 8.13. The summed E-state index contributed by atoms with van der Waals surface area (Å²) in [6.07, 6.45) is 3.73. The second-order valence-electron chi connectivity index (χ2n) is 6.58. The van der Waals surface area contributed by atoms with E-state index in [1.54, 1.807) is 0 Å². The van der Waals surface area contributed by atoms with E-state index in [-0.39, 0.29) is 24.4 Å². The molecule has 0 aliphatic carbocycles. The molecule has 2 heterocycles. The minimum atomic E-state index is -0.427. The number of rotatable bonds is 3. The third kappa shape index (κ3) is 4.06. The number of ether oxygens (including phenoxy) is 1. The highest BCUT2D eigenvalue weighted by atomic mass is 35.5. The van der Waals surface area contributed by atoms with Gasteiger partial charge in [-0.15, -0.1) is 12.4 Å². The first kappa shape index (κ1) is 18.2. The smallest absolute Gasteiger partial charge is 0.231 e. The van der Waals surface area contributed by atoms with Crippen LogP contribution in [0.2, 0.25) is 0 Å². The van der Waals surface area contributed by atoms with Crippen LogP contribution in [0.25, 0.3) is 0 Å². The maximum absolute atomic E-state index is 13.1. The first-order chi connectivity index (χ1) is 10.7. The van der Waals surface area contributed by atoms with Gasteiger partial charge >= 0.3 is 0 Å². The third-order valence-electron chi connectivity index (χ3n) is 5.02. The average Bonchev–Trinajstić information content (AvgIpc) is 2.57. The monoisotopic (exact) mass is 338 g/mol. The van der Waals surface area contributed by atoms with Crippen molar-refractivity contribution in [2.75, 3.05) is 26.3 Å². The van der Waals surface area contributed by atoms with Crippen LogP contribution < -0.4 is 10.6 Å². The molecule has 2 saturated heterocycles. The lowest BCUT2D eigenvalue weighted by atomic mass is 9.73. The molecule has 0 saturated carbocycles. The Hall–Kier alpha value is -1.10. The quantitative estimate of drug-likeness (QED) is 0.889. The number of halogens is 1. The fourth-order valence-electron chi connectivity index (χ4n) is 3.54. The van der Waals surface area contributed by atoms with Crippen LogP contribution in [0.4, 0.5) is 0 Å². The minimum absolute atomic E-state index is 0. The van der Waals surface area contributed by atoms with Gasteiger partial charge in [0.05, 0.1) is 5.41 Å². The van der Waals surface area contributed by atoms with Gasteiger partial charge in [-0.2, -0.15) is 0 Å². The van der Waals surface area contributed by atoms with E-state index in [0.29, 0.717) is 13.2 Å². The maximum atomic E-state index is 13.1. The van der Waals surface area contributed by atoms with Crippen LogP contribution in [-0.2, 0) is 14.9 Å². The molecule has 2 aliphatic rings. The minimum Gasteiger partial charge on any atom is -0.381 e. The molecular formula is C18H27ClN2O2. The molecule has 0 radical (unpaired) electrons. The standard InChI is InChI=1S/C18H26N2O2.ClH/c1-14-4-6-15(7-5-14)18(8-11-22-12-9-18)17(21)20-16-3-2-10-19-13-16;/h4-7,16,19H,2-3,8-13H2,1H3,(H,20,21);1H. The summed E-state index contributed by atoms with van der Waals surface area (Å²) >= 11 is 0. The van der Waals surface area contributed by atoms with Gasteiger partial charge in [-0.25, -0.2) is 0 Å². The first-order valence-corrected chi connectivity index (χ1v) is 8.37. The number of carbonyl (C=O) groups is 1. The lowest BCUT2D eigenvalue weighted by molar-refractivity contribution is -0.131. The van der Waals surface area contributed by atoms with Crippen LogP contribution in [-0.4, -0.2) is 38.3 Å². The van der Waals surface area contributed by atoms with Gasteiger partial charge in [0.25, 0.3) is 0 Å². The number of amides is 1. The van der Waals surface area contributed by atoms with Crippen molar-refractivity contribution in [1.82, 2.24) is 10.6 Å². The number of nitrogens with one attached hydrogen (secondary N) is 2. The van der Waals surface area contributed by atoms with Crippen molar-refractivity contribution in [2.45, 2.75) is 44.1 Å². The normalized spacial score (nSPS) is 23.6. The summed E-state index contributed by atoms with van der Waals surface area (Å²) in [6, 6.07) is 8.68. The molecule has 1 aromatic rings. The van der Waals surface area contributed by atoms with E-state index >= 15 is 0 Å². The van der Waals surface area contributed by atoms with Gasteiger partial charge in [0.2, 0.25) is 5.91 Å². The van der Waals surface area contributed by atoms with Gasteiger partial charge in [0.15, 0.2) is 0 Å². The molecule has 0 bridgehead atoms. The highest BCUT2D eigenvalue weighted by Gasteiger charge is 2.42. The van der Waals surface area contributed by atoms with E-state index in [1.165, 1.54) is 5.56 Å². The van der Waals surface area contributed by atoms with Crippen molar-refractivity contribution < 1.29 is 9.53 Å². The maximum Gasteiger partial charge on any atom is 0.231 e. The van der Waals surface area contributed by atoms with Crippen molar-refractivity contribution in [3.63, 3.8) is 0 Å². The van der Waals surface area contributed by atoms with Crippen LogP contribution >= 0.6 is 12.4 Å². The molecule has 3 rings (SSSR count).